The number of fused-ring (bicyclic) bond motifs is 1. The van der Waals surface area contributed by atoms with Crippen LogP contribution >= 0.6 is 15.9 Å². The van der Waals surface area contributed by atoms with E-state index >= 15 is 0 Å². The zero-order valence-corrected chi connectivity index (χ0v) is 13.6. The minimum atomic E-state index is -0.498. The number of ketones is 1. The van der Waals surface area contributed by atoms with E-state index in [0.29, 0.717) is 11.3 Å². The van der Waals surface area contributed by atoms with Crippen LogP contribution in [0.2, 0.25) is 0 Å². The summed E-state index contributed by atoms with van der Waals surface area (Å²) in [6.07, 6.45) is 1.78. The maximum Gasteiger partial charge on any atom is 0.194 e. The van der Waals surface area contributed by atoms with Crippen molar-refractivity contribution in [1.29, 1.82) is 0 Å². The Morgan fingerprint density at radius 3 is 2.83 bits per heavy atom. The maximum atomic E-state index is 12.7. The first-order valence-corrected chi connectivity index (χ1v) is 7.95. The van der Waals surface area contributed by atoms with Crippen LogP contribution in [0, 0.1) is 0 Å². The topological polar surface area (TPSA) is 57.0 Å². The molecule has 5 nitrogen and oxygen atoms in total. The van der Waals surface area contributed by atoms with Crippen LogP contribution in [0.25, 0.3) is 11.3 Å². The van der Waals surface area contributed by atoms with Crippen LogP contribution in [0.1, 0.15) is 16.4 Å². The number of carbonyl (C=O) groups is 1. The van der Waals surface area contributed by atoms with Gasteiger partial charge in [0.15, 0.2) is 11.8 Å². The molecule has 1 aliphatic heterocycles. The molecule has 1 aliphatic rings. The predicted octanol–water partition coefficient (Wildman–Crippen LogP) is 3.52. The van der Waals surface area contributed by atoms with E-state index in [4.69, 9.17) is 4.74 Å². The Balaban J connectivity index is 1.67. The maximum absolute atomic E-state index is 12.7. The predicted molar refractivity (Wildman–Crippen MR) is 88.5 cm³/mol. The van der Waals surface area contributed by atoms with Crippen molar-refractivity contribution in [3.8, 4) is 17.0 Å². The fourth-order valence-corrected chi connectivity index (χ4v) is 2.97. The van der Waals surface area contributed by atoms with E-state index in [1.54, 1.807) is 23.0 Å². The average Bonchev–Trinajstić information content (AvgIpc) is 3.06. The molecule has 1 atom stereocenters. The van der Waals surface area contributed by atoms with Gasteiger partial charge < -0.3 is 4.74 Å². The molecule has 2 heterocycles. The van der Waals surface area contributed by atoms with Crippen molar-refractivity contribution in [2.45, 2.75) is 6.04 Å². The Morgan fingerprint density at radius 2 is 2.00 bits per heavy atom. The lowest BCUT2D eigenvalue weighted by molar-refractivity contribution is 0.0826. The van der Waals surface area contributed by atoms with Gasteiger partial charge >= 0.3 is 0 Å². The van der Waals surface area contributed by atoms with Gasteiger partial charge in [0.2, 0.25) is 0 Å². The molecule has 6 heteroatoms. The molecule has 0 fully saturated rings. The zero-order chi connectivity index (χ0) is 15.8. The van der Waals surface area contributed by atoms with E-state index in [2.05, 4.69) is 26.2 Å². The van der Waals surface area contributed by atoms with Crippen LogP contribution < -0.4 is 4.74 Å². The molecule has 0 bridgehead atoms. The molecule has 2 aromatic carbocycles. The Bertz CT molecular complexity index is 877. The van der Waals surface area contributed by atoms with Crippen LogP contribution in [-0.2, 0) is 0 Å². The summed E-state index contributed by atoms with van der Waals surface area (Å²) in [7, 11) is 0. The lowest BCUT2D eigenvalue weighted by Gasteiger charge is -2.23. The molecule has 23 heavy (non-hydrogen) atoms. The molecular weight excluding hydrogens is 358 g/mol. The van der Waals surface area contributed by atoms with Crippen molar-refractivity contribution in [1.82, 2.24) is 15.0 Å². The third kappa shape index (κ3) is 2.55. The summed E-state index contributed by atoms with van der Waals surface area (Å²) in [5.74, 6) is 0.593. The van der Waals surface area contributed by atoms with Gasteiger partial charge in [-0.05, 0) is 18.2 Å². The van der Waals surface area contributed by atoms with E-state index in [1.807, 2.05) is 36.4 Å². The van der Waals surface area contributed by atoms with E-state index in [-0.39, 0.29) is 12.4 Å². The first-order valence-electron chi connectivity index (χ1n) is 7.16. The van der Waals surface area contributed by atoms with Gasteiger partial charge in [-0.25, -0.2) is 4.68 Å². The van der Waals surface area contributed by atoms with Crippen molar-refractivity contribution in [3.05, 3.63) is 64.8 Å². The molecule has 3 aromatic rings. The number of benzene rings is 2. The molecule has 0 spiro atoms. The highest BCUT2D eigenvalue weighted by Crippen LogP contribution is 2.32. The smallest absolute Gasteiger partial charge is 0.194 e. The third-order valence-electron chi connectivity index (χ3n) is 3.81. The van der Waals surface area contributed by atoms with Crippen molar-refractivity contribution < 1.29 is 9.53 Å². The highest BCUT2D eigenvalue weighted by Gasteiger charge is 2.31. The Labute approximate surface area is 141 Å². The molecule has 0 N–H and O–H groups in total. The molecule has 4 rings (SSSR count). The fraction of sp³-hybridized carbons (Fsp3) is 0.118. The van der Waals surface area contributed by atoms with Gasteiger partial charge in [0, 0.05) is 10.0 Å². The number of hydrogen-bond donors (Lipinski definition) is 0. The summed E-state index contributed by atoms with van der Waals surface area (Å²) in [4.78, 5) is 12.7. The lowest BCUT2D eigenvalue weighted by Crippen LogP contribution is -2.31. The Hall–Kier alpha value is -2.47. The first-order chi connectivity index (χ1) is 11.2. The quantitative estimate of drug-likeness (QED) is 0.693. The lowest BCUT2D eigenvalue weighted by atomic mass is 10.0. The molecule has 114 valence electrons. The molecule has 0 saturated heterocycles. The third-order valence-corrected chi connectivity index (χ3v) is 4.30. The van der Waals surface area contributed by atoms with Gasteiger partial charge in [-0.1, -0.05) is 51.5 Å². The van der Waals surface area contributed by atoms with E-state index in [9.17, 15) is 4.79 Å². The fourth-order valence-electron chi connectivity index (χ4n) is 2.61. The average molecular weight is 370 g/mol. The van der Waals surface area contributed by atoms with Crippen molar-refractivity contribution >= 4 is 21.7 Å². The Kier molecular flexibility index (Phi) is 3.46. The van der Waals surface area contributed by atoms with Crippen molar-refractivity contribution in [3.63, 3.8) is 0 Å². The second kappa shape index (κ2) is 5.62. The highest BCUT2D eigenvalue weighted by atomic mass is 79.9. The molecule has 0 aliphatic carbocycles. The number of halogens is 1. The highest BCUT2D eigenvalue weighted by molar-refractivity contribution is 9.10. The number of Topliss-reactive ketones (excluding diaryl/α,β-unsaturated/α-hetero) is 1. The number of carbonyl (C=O) groups excluding carboxylic acids is 1. The summed E-state index contributed by atoms with van der Waals surface area (Å²) in [5, 5.41) is 8.28. The standard InChI is InChI=1S/C17H12BrN3O2/c18-12-6-7-16-13(8-12)17(22)15(10-23-16)21-9-14(19-20-21)11-4-2-1-3-5-11/h1-9,15H,10H2. The number of rotatable bonds is 2. The largest absolute Gasteiger partial charge is 0.490 e. The van der Waals surface area contributed by atoms with Crippen molar-refractivity contribution in [2.24, 2.45) is 0 Å². The van der Waals surface area contributed by atoms with Gasteiger partial charge in [-0.3, -0.25) is 4.79 Å². The van der Waals surface area contributed by atoms with Gasteiger partial charge in [0.25, 0.3) is 0 Å². The van der Waals surface area contributed by atoms with Crippen molar-refractivity contribution in [2.75, 3.05) is 6.61 Å². The monoisotopic (exact) mass is 369 g/mol. The van der Waals surface area contributed by atoms with Gasteiger partial charge in [-0.2, -0.15) is 0 Å². The van der Waals surface area contributed by atoms with Crippen LogP contribution in [0.15, 0.2) is 59.2 Å². The van der Waals surface area contributed by atoms with E-state index in [1.165, 1.54) is 0 Å². The minimum Gasteiger partial charge on any atom is -0.490 e. The molecule has 1 unspecified atom stereocenters. The summed E-state index contributed by atoms with van der Waals surface area (Å²) in [5.41, 5.74) is 2.26. The van der Waals surface area contributed by atoms with Crippen LogP contribution in [0.5, 0.6) is 5.75 Å². The summed E-state index contributed by atoms with van der Waals surface area (Å²) >= 11 is 3.39. The summed E-state index contributed by atoms with van der Waals surface area (Å²) in [6.45, 7) is 0.255. The molecule has 1 aromatic heterocycles. The van der Waals surface area contributed by atoms with Crippen LogP contribution in [-0.4, -0.2) is 27.4 Å². The normalized spacial score (nSPS) is 16.7. The van der Waals surface area contributed by atoms with E-state index in [0.717, 1.165) is 15.7 Å². The SMILES string of the molecule is O=C1c2cc(Br)ccc2OCC1n1cc(-c2ccccc2)nn1. The molecule has 0 saturated carbocycles. The number of ether oxygens (including phenoxy) is 1. The number of hydrogen-bond acceptors (Lipinski definition) is 4. The van der Waals surface area contributed by atoms with Crippen LogP contribution in [0.3, 0.4) is 0 Å². The molecule has 0 amide bonds. The van der Waals surface area contributed by atoms with Gasteiger partial charge in [0.05, 0.1) is 11.8 Å². The number of aromatic nitrogens is 3. The van der Waals surface area contributed by atoms with Gasteiger partial charge in [0.1, 0.15) is 18.1 Å². The second-order valence-corrected chi connectivity index (χ2v) is 6.20. The number of nitrogens with zero attached hydrogens (tertiary/aromatic N) is 3. The van der Waals surface area contributed by atoms with E-state index < -0.39 is 6.04 Å². The minimum absolute atomic E-state index is 0.0166. The summed E-state index contributed by atoms with van der Waals surface area (Å²) < 4.78 is 8.12. The molecule has 0 radical (unpaired) electrons. The second-order valence-electron chi connectivity index (χ2n) is 5.28. The van der Waals surface area contributed by atoms with Crippen LogP contribution in [0.4, 0.5) is 0 Å². The summed E-state index contributed by atoms with van der Waals surface area (Å²) in [6, 6.07) is 14.7. The Morgan fingerprint density at radius 1 is 1.17 bits per heavy atom. The van der Waals surface area contributed by atoms with Gasteiger partial charge in [-0.15, -0.1) is 5.10 Å². The molecular formula is C17H12BrN3O2. The first kappa shape index (κ1) is 14.1. The zero-order valence-electron chi connectivity index (χ0n) is 12.0.